The van der Waals surface area contributed by atoms with Crippen LogP contribution < -0.4 is 11.1 Å². The van der Waals surface area contributed by atoms with E-state index in [0.29, 0.717) is 10.7 Å². The van der Waals surface area contributed by atoms with Crippen LogP contribution in [0.15, 0.2) is 10.5 Å². The summed E-state index contributed by atoms with van der Waals surface area (Å²) >= 11 is 1.09. The SMILES string of the molecule is CCC[C@H]1[C@H](NC(=O)/C(=N\OC)c2csc(N)n2)C(=O)N1S(=O)(=O)O. The quantitative estimate of drug-likeness (QED) is 0.239. The van der Waals surface area contributed by atoms with E-state index in [2.05, 4.69) is 20.3 Å². The molecule has 1 aliphatic rings. The number of anilines is 1. The Morgan fingerprint density at radius 3 is 2.76 bits per heavy atom. The minimum absolute atomic E-state index is 0.160. The molecule has 0 bridgehead atoms. The molecule has 0 unspecified atom stereocenters. The zero-order valence-corrected chi connectivity index (χ0v) is 15.0. The van der Waals surface area contributed by atoms with Crippen molar-refractivity contribution in [3.05, 3.63) is 11.1 Å². The summed E-state index contributed by atoms with van der Waals surface area (Å²) < 4.78 is 32.1. The van der Waals surface area contributed by atoms with Crippen LogP contribution in [0.2, 0.25) is 0 Å². The number of thiazole rings is 1. The summed E-state index contributed by atoms with van der Waals surface area (Å²) in [7, 11) is -3.45. The number of nitrogens with zero attached hydrogens (tertiary/aromatic N) is 3. The van der Waals surface area contributed by atoms with E-state index in [1.165, 1.54) is 12.5 Å². The van der Waals surface area contributed by atoms with Crippen LogP contribution >= 0.6 is 11.3 Å². The van der Waals surface area contributed by atoms with Gasteiger partial charge in [-0.15, -0.1) is 11.3 Å². The summed E-state index contributed by atoms with van der Waals surface area (Å²) in [5, 5.41) is 7.69. The normalized spacial score (nSPS) is 21.0. The first-order valence-corrected chi connectivity index (χ1v) is 9.42. The molecule has 0 radical (unpaired) electrons. The first-order valence-electron chi connectivity index (χ1n) is 7.14. The summed E-state index contributed by atoms with van der Waals surface area (Å²) in [6, 6.07) is -1.98. The Balaban J connectivity index is 2.20. The lowest BCUT2D eigenvalue weighted by atomic mass is 9.94. The van der Waals surface area contributed by atoms with Crippen molar-refractivity contribution in [1.82, 2.24) is 14.6 Å². The molecule has 0 spiro atoms. The molecule has 11 nitrogen and oxygen atoms in total. The van der Waals surface area contributed by atoms with Gasteiger partial charge in [0, 0.05) is 5.38 Å². The van der Waals surface area contributed by atoms with Crippen molar-refractivity contribution in [3.8, 4) is 0 Å². The van der Waals surface area contributed by atoms with E-state index in [-0.39, 0.29) is 23.0 Å². The van der Waals surface area contributed by atoms with Crippen LogP contribution in [0.1, 0.15) is 25.5 Å². The molecule has 2 heterocycles. The number of amides is 2. The standard InChI is InChI=1S/C12H17N5O6S2/c1-3-4-7-9(11(19)17(7)25(20,21)22)15-10(18)8(16-23-2)6-5-24-12(13)14-6/h5,7,9H,3-4H2,1-2H3,(H2,13,14)(H,15,18)(H,20,21,22)/b16-8-/t7-,9-/m0/s1. The molecule has 1 aromatic rings. The Morgan fingerprint density at radius 2 is 2.28 bits per heavy atom. The largest absolute Gasteiger partial charge is 0.398 e. The number of hydrogen-bond acceptors (Lipinski definition) is 9. The molecular formula is C12H17N5O6S2. The van der Waals surface area contributed by atoms with Crippen molar-refractivity contribution in [2.45, 2.75) is 31.8 Å². The number of β-lactam (4-membered cyclic amide) rings is 1. The monoisotopic (exact) mass is 391 g/mol. The second-order valence-electron chi connectivity index (χ2n) is 5.11. The first-order chi connectivity index (χ1) is 11.7. The number of carbonyl (C=O) groups is 2. The lowest BCUT2D eigenvalue weighted by Gasteiger charge is -2.44. The van der Waals surface area contributed by atoms with E-state index in [1.54, 1.807) is 6.92 Å². The Morgan fingerprint density at radius 1 is 1.60 bits per heavy atom. The molecule has 0 aliphatic carbocycles. The summed E-state index contributed by atoms with van der Waals surface area (Å²) in [6.45, 7) is 1.78. The highest BCUT2D eigenvalue weighted by Crippen LogP contribution is 2.27. The molecule has 1 aromatic heterocycles. The number of nitrogens with two attached hydrogens (primary N) is 1. The van der Waals surface area contributed by atoms with Gasteiger partial charge in [0.25, 0.3) is 11.8 Å². The number of carbonyl (C=O) groups excluding carboxylic acids is 2. The predicted octanol–water partition coefficient (Wildman–Crippen LogP) is -0.626. The molecule has 0 aromatic carbocycles. The molecule has 13 heteroatoms. The molecule has 4 N–H and O–H groups in total. The fourth-order valence-electron chi connectivity index (χ4n) is 2.44. The van der Waals surface area contributed by atoms with Gasteiger partial charge in [-0.1, -0.05) is 18.5 Å². The van der Waals surface area contributed by atoms with Crippen molar-refractivity contribution in [1.29, 1.82) is 0 Å². The molecule has 25 heavy (non-hydrogen) atoms. The molecule has 2 amide bonds. The molecule has 1 fully saturated rings. The Hall–Kier alpha value is -2.25. The number of hydrogen-bond donors (Lipinski definition) is 3. The second-order valence-corrected chi connectivity index (χ2v) is 7.29. The fraction of sp³-hybridized carbons (Fsp3) is 0.500. The lowest BCUT2D eigenvalue weighted by molar-refractivity contribution is -0.145. The molecule has 2 rings (SSSR count). The predicted molar refractivity (Wildman–Crippen MR) is 89.1 cm³/mol. The van der Waals surface area contributed by atoms with Crippen LogP contribution in [0.3, 0.4) is 0 Å². The van der Waals surface area contributed by atoms with Crippen molar-refractivity contribution >= 4 is 44.3 Å². The maximum absolute atomic E-state index is 12.4. The summed E-state index contributed by atoms with van der Waals surface area (Å²) in [5.41, 5.74) is 5.48. The van der Waals surface area contributed by atoms with Crippen LogP contribution in [0.4, 0.5) is 5.13 Å². The van der Waals surface area contributed by atoms with E-state index in [0.717, 1.165) is 11.3 Å². The average Bonchev–Trinajstić information content (AvgIpc) is 2.94. The smallest absolute Gasteiger partial charge is 0.362 e. The zero-order chi connectivity index (χ0) is 18.8. The maximum atomic E-state index is 12.4. The van der Waals surface area contributed by atoms with Gasteiger partial charge in [-0.2, -0.15) is 8.42 Å². The van der Waals surface area contributed by atoms with Gasteiger partial charge in [0.15, 0.2) is 10.8 Å². The highest BCUT2D eigenvalue weighted by molar-refractivity contribution is 7.84. The Bertz CT molecular complexity index is 805. The van der Waals surface area contributed by atoms with Crippen LogP contribution in [-0.4, -0.2) is 59.0 Å². The van der Waals surface area contributed by atoms with Gasteiger partial charge in [0.05, 0.1) is 6.04 Å². The first kappa shape index (κ1) is 19.1. The van der Waals surface area contributed by atoms with Crippen molar-refractivity contribution in [2.24, 2.45) is 5.16 Å². The number of rotatable bonds is 7. The highest BCUT2D eigenvalue weighted by Gasteiger charge is 2.53. The highest BCUT2D eigenvalue weighted by atomic mass is 32.2. The zero-order valence-electron chi connectivity index (χ0n) is 13.4. The van der Waals surface area contributed by atoms with Crippen LogP contribution in [0, 0.1) is 0 Å². The molecule has 138 valence electrons. The molecule has 0 saturated carbocycles. The third-order valence-electron chi connectivity index (χ3n) is 3.45. The summed E-state index contributed by atoms with van der Waals surface area (Å²) in [5.74, 6) is -1.70. The lowest BCUT2D eigenvalue weighted by Crippen LogP contribution is -2.72. The van der Waals surface area contributed by atoms with Crippen molar-refractivity contribution < 1.29 is 27.4 Å². The molecule has 1 aliphatic heterocycles. The van der Waals surface area contributed by atoms with E-state index < -0.39 is 34.2 Å². The topological polar surface area (TPSA) is 164 Å². The summed E-state index contributed by atoms with van der Waals surface area (Å²) in [6.07, 6.45) is 0.814. The third-order valence-corrected chi connectivity index (χ3v) is 5.07. The molecule has 2 atom stereocenters. The summed E-state index contributed by atoms with van der Waals surface area (Å²) in [4.78, 5) is 33.0. The second kappa shape index (κ2) is 7.33. The van der Waals surface area contributed by atoms with Gasteiger partial charge in [0.1, 0.15) is 18.8 Å². The Kier molecular flexibility index (Phi) is 5.59. The Labute approximate surface area is 147 Å². The minimum atomic E-state index is -4.68. The van der Waals surface area contributed by atoms with Gasteiger partial charge in [-0.05, 0) is 6.42 Å². The number of aromatic nitrogens is 1. The van der Waals surface area contributed by atoms with Crippen molar-refractivity contribution in [2.75, 3.05) is 12.8 Å². The van der Waals surface area contributed by atoms with Gasteiger partial charge in [0.2, 0.25) is 0 Å². The average molecular weight is 391 g/mol. The number of nitrogen functional groups attached to an aromatic ring is 1. The maximum Gasteiger partial charge on any atom is 0.362 e. The van der Waals surface area contributed by atoms with E-state index in [4.69, 9.17) is 10.3 Å². The van der Waals surface area contributed by atoms with Gasteiger partial charge >= 0.3 is 10.3 Å². The van der Waals surface area contributed by atoms with Crippen LogP contribution in [-0.2, 0) is 24.7 Å². The number of oxime groups is 1. The fourth-order valence-corrected chi connectivity index (χ4v) is 3.90. The minimum Gasteiger partial charge on any atom is -0.398 e. The number of nitrogens with one attached hydrogen (secondary N) is 1. The van der Waals surface area contributed by atoms with E-state index in [1.807, 2.05) is 0 Å². The molecular weight excluding hydrogens is 374 g/mol. The molecule has 1 saturated heterocycles. The van der Waals surface area contributed by atoms with Crippen LogP contribution in [0.25, 0.3) is 0 Å². The van der Waals surface area contributed by atoms with E-state index in [9.17, 15) is 18.0 Å². The van der Waals surface area contributed by atoms with Gasteiger partial charge in [-0.3, -0.25) is 14.1 Å². The van der Waals surface area contributed by atoms with Crippen molar-refractivity contribution in [3.63, 3.8) is 0 Å². The van der Waals surface area contributed by atoms with E-state index >= 15 is 0 Å². The van der Waals surface area contributed by atoms with Gasteiger partial charge in [-0.25, -0.2) is 9.29 Å². The van der Waals surface area contributed by atoms with Crippen LogP contribution in [0.5, 0.6) is 0 Å². The van der Waals surface area contributed by atoms with Gasteiger partial charge < -0.3 is 15.9 Å². The third kappa shape index (κ3) is 3.88.